The molecule has 0 atom stereocenters. The molecule has 1 rings (SSSR count). The Labute approximate surface area is 84.6 Å². The van der Waals surface area contributed by atoms with Crippen LogP contribution in [0.4, 0.5) is 0 Å². The summed E-state index contributed by atoms with van der Waals surface area (Å²) < 4.78 is 24.6. The molecule has 0 saturated carbocycles. The van der Waals surface area contributed by atoms with Gasteiger partial charge < -0.3 is 0 Å². The Morgan fingerprint density at radius 2 is 2.15 bits per heavy atom. The molecule has 0 aromatic rings. The van der Waals surface area contributed by atoms with Gasteiger partial charge in [0.1, 0.15) is 0 Å². The van der Waals surface area contributed by atoms with Crippen LogP contribution in [0.25, 0.3) is 0 Å². The van der Waals surface area contributed by atoms with E-state index in [1.54, 1.807) is 20.0 Å². The molecular weight excluding hydrogens is 206 g/mol. The zero-order chi connectivity index (χ0) is 10.2. The fraction of sp³-hybridized carbons (Fsp3) is 0.500. The summed E-state index contributed by atoms with van der Waals surface area (Å²) in [4.78, 5) is 1.09. The van der Waals surface area contributed by atoms with Crippen LogP contribution in [0.2, 0.25) is 0 Å². The smallest absolute Gasteiger partial charge is 0.207 e. The number of sulfonamides is 1. The van der Waals surface area contributed by atoms with Gasteiger partial charge in [0.05, 0.1) is 4.91 Å². The number of nitrogens with zero attached hydrogens (tertiary/aromatic N) is 1. The van der Waals surface area contributed by atoms with Gasteiger partial charge in [0.25, 0.3) is 0 Å². The van der Waals surface area contributed by atoms with Crippen LogP contribution >= 0.6 is 12.6 Å². The van der Waals surface area contributed by atoms with E-state index in [-0.39, 0.29) is 0 Å². The Morgan fingerprint density at radius 3 is 2.46 bits per heavy atom. The lowest BCUT2D eigenvalue weighted by atomic mass is 10.2. The maximum absolute atomic E-state index is 11.6. The zero-order valence-electron chi connectivity index (χ0n) is 7.90. The van der Waals surface area contributed by atoms with E-state index < -0.39 is 10.0 Å². The lowest BCUT2D eigenvalue weighted by molar-refractivity contribution is 0.513. The van der Waals surface area contributed by atoms with Crippen molar-refractivity contribution in [3.8, 4) is 0 Å². The highest BCUT2D eigenvalue weighted by Crippen LogP contribution is 2.26. The maximum atomic E-state index is 11.6. The van der Waals surface area contributed by atoms with Crippen molar-refractivity contribution >= 4 is 22.7 Å². The second-order valence-corrected chi connectivity index (χ2v) is 5.91. The summed E-state index contributed by atoms with van der Waals surface area (Å²) in [6.45, 7) is 4.07. The third-order valence-corrected chi connectivity index (χ3v) is 4.01. The van der Waals surface area contributed by atoms with E-state index in [9.17, 15) is 8.42 Å². The standard InChI is InChI=1S/C8H13NO2S2/c1-6-5-9(3)13(10,11)8(6)4-7(2)12/h4,12H,5H2,1-3H3/b7-4-. The van der Waals surface area contributed by atoms with Crippen LogP contribution in [0.3, 0.4) is 0 Å². The SMILES string of the molecule is CC1=C(/C=C(/C)S)S(=O)(=O)N(C)C1. The number of hydrogen-bond acceptors (Lipinski definition) is 3. The molecule has 0 saturated heterocycles. The van der Waals surface area contributed by atoms with Crippen LogP contribution in [0, 0.1) is 0 Å². The number of thiol groups is 1. The van der Waals surface area contributed by atoms with Gasteiger partial charge >= 0.3 is 0 Å². The fourth-order valence-corrected chi connectivity index (χ4v) is 3.02. The Morgan fingerprint density at radius 1 is 1.62 bits per heavy atom. The number of rotatable bonds is 1. The van der Waals surface area contributed by atoms with Crippen molar-refractivity contribution in [3.05, 3.63) is 21.5 Å². The van der Waals surface area contributed by atoms with Crippen molar-refractivity contribution in [2.24, 2.45) is 0 Å². The summed E-state index contributed by atoms with van der Waals surface area (Å²) in [7, 11) is -1.65. The summed E-state index contributed by atoms with van der Waals surface area (Å²) in [5.74, 6) is 0. The van der Waals surface area contributed by atoms with Gasteiger partial charge in [0, 0.05) is 13.6 Å². The predicted octanol–water partition coefficient (Wildman–Crippen LogP) is 1.37. The van der Waals surface area contributed by atoms with E-state index in [2.05, 4.69) is 12.6 Å². The molecule has 0 amide bonds. The first-order chi connectivity index (χ1) is 5.85. The molecule has 1 heterocycles. The molecule has 1 aliphatic rings. The Hall–Kier alpha value is -0.260. The molecule has 0 radical (unpaired) electrons. The van der Waals surface area contributed by atoms with Crippen molar-refractivity contribution in [1.82, 2.24) is 4.31 Å². The van der Waals surface area contributed by atoms with Crippen LogP contribution < -0.4 is 0 Å². The fourth-order valence-electron chi connectivity index (χ4n) is 1.27. The molecule has 0 spiro atoms. The monoisotopic (exact) mass is 219 g/mol. The normalized spacial score (nSPS) is 24.2. The molecule has 0 bridgehead atoms. The van der Waals surface area contributed by atoms with Crippen LogP contribution in [0.1, 0.15) is 13.8 Å². The first-order valence-electron chi connectivity index (χ1n) is 3.89. The van der Waals surface area contributed by atoms with Crippen LogP contribution in [-0.2, 0) is 10.0 Å². The molecule has 13 heavy (non-hydrogen) atoms. The molecule has 74 valence electrons. The highest BCUT2D eigenvalue weighted by atomic mass is 32.2. The van der Waals surface area contributed by atoms with E-state index in [0.29, 0.717) is 16.4 Å². The first kappa shape index (κ1) is 10.8. The van der Waals surface area contributed by atoms with Crippen molar-refractivity contribution in [1.29, 1.82) is 0 Å². The Kier molecular flexibility index (Phi) is 2.89. The van der Waals surface area contributed by atoms with Crippen LogP contribution in [0.15, 0.2) is 21.5 Å². The molecule has 0 fully saturated rings. The molecule has 0 aromatic carbocycles. The van der Waals surface area contributed by atoms with Gasteiger partial charge in [-0.3, -0.25) is 0 Å². The second-order valence-electron chi connectivity index (χ2n) is 3.19. The van der Waals surface area contributed by atoms with E-state index in [1.165, 1.54) is 4.31 Å². The Balaban J connectivity index is 3.23. The summed E-state index contributed by atoms with van der Waals surface area (Å²) >= 11 is 4.07. The maximum Gasteiger partial charge on any atom is 0.243 e. The van der Waals surface area contributed by atoms with E-state index in [4.69, 9.17) is 0 Å². The molecule has 5 heteroatoms. The average molecular weight is 219 g/mol. The van der Waals surface area contributed by atoms with Crippen molar-refractivity contribution in [2.75, 3.05) is 13.6 Å². The van der Waals surface area contributed by atoms with Gasteiger partial charge in [-0.1, -0.05) is 0 Å². The highest BCUT2D eigenvalue weighted by Gasteiger charge is 2.30. The summed E-state index contributed by atoms with van der Waals surface area (Å²) in [5, 5.41) is 0. The zero-order valence-corrected chi connectivity index (χ0v) is 9.61. The van der Waals surface area contributed by atoms with Crippen LogP contribution in [0.5, 0.6) is 0 Å². The number of hydrogen-bond donors (Lipinski definition) is 1. The minimum Gasteiger partial charge on any atom is -0.207 e. The van der Waals surface area contributed by atoms with Gasteiger partial charge in [0.15, 0.2) is 0 Å². The quantitative estimate of drug-likeness (QED) is 0.676. The molecule has 0 aliphatic carbocycles. The third kappa shape index (κ3) is 1.98. The van der Waals surface area contributed by atoms with E-state index in [1.807, 2.05) is 6.92 Å². The second kappa shape index (κ2) is 3.48. The van der Waals surface area contributed by atoms with Gasteiger partial charge in [-0.15, -0.1) is 12.6 Å². The lowest BCUT2D eigenvalue weighted by Crippen LogP contribution is -2.21. The predicted molar refractivity (Wildman–Crippen MR) is 57.0 cm³/mol. The van der Waals surface area contributed by atoms with Gasteiger partial charge in [-0.2, -0.15) is 4.31 Å². The van der Waals surface area contributed by atoms with Gasteiger partial charge in [-0.25, -0.2) is 8.42 Å². The summed E-state index contributed by atoms with van der Waals surface area (Å²) in [5.41, 5.74) is 0.871. The molecule has 0 unspecified atom stereocenters. The molecule has 0 N–H and O–H groups in total. The molecule has 1 aliphatic heterocycles. The topological polar surface area (TPSA) is 37.4 Å². The van der Waals surface area contributed by atoms with Crippen molar-refractivity contribution in [3.63, 3.8) is 0 Å². The van der Waals surface area contributed by atoms with Crippen LogP contribution in [-0.4, -0.2) is 26.3 Å². The van der Waals surface area contributed by atoms with Crippen molar-refractivity contribution in [2.45, 2.75) is 13.8 Å². The van der Waals surface area contributed by atoms with Crippen molar-refractivity contribution < 1.29 is 8.42 Å². The molecular formula is C8H13NO2S2. The van der Waals surface area contributed by atoms with E-state index in [0.717, 1.165) is 5.57 Å². The largest absolute Gasteiger partial charge is 0.243 e. The first-order valence-corrected chi connectivity index (χ1v) is 5.78. The third-order valence-electron chi connectivity index (χ3n) is 1.91. The summed E-state index contributed by atoms with van der Waals surface area (Å²) in [6, 6.07) is 0. The highest BCUT2D eigenvalue weighted by molar-refractivity contribution is 7.93. The molecule has 0 aromatic heterocycles. The number of likely N-dealkylation sites (N-methyl/N-ethyl adjacent to an activating group) is 1. The minimum atomic E-state index is -3.22. The van der Waals surface area contributed by atoms with Gasteiger partial charge in [-0.05, 0) is 30.4 Å². The lowest BCUT2D eigenvalue weighted by Gasteiger charge is -2.06. The minimum absolute atomic E-state index is 0.391. The Bertz CT molecular complexity index is 375. The number of allylic oxidation sites excluding steroid dienone is 2. The van der Waals surface area contributed by atoms with E-state index >= 15 is 0 Å². The summed E-state index contributed by atoms with van der Waals surface area (Å²) in [6.07, 6.45) is 1.59. The molecule has 3 nitrogen and oxygen atoms in total. The average Bonchev–Trinajstić information content (AvgIpc) is 2.13. The van der Waals surface area contributed by atoms with Gasteiger partial charge in [0.2, 0.25) is 10.0 Å².